The summed E-state index contributed by atoms with van der Waals surface area (Å²) in [4.78, 5) is 6.56. The van der Waals surface area contributed by atoms with Gasteiger partial charge in [0.2, 0.25) is 5.75 Å². The van der Waals surface area contributed by atoms with Crippen molar-refractivity contribution in [2.75, 3.05) is 21.3 Å². The minimum Gasteiger partial charge on any atom is -0.493 e. The number of hydrogen-bond acceptors (Lipinski definition) is 7. The zero-order valence-corrected chi connectivity index (χ0v) is 22.4. The highest BCUT2D eigenvalue weighted by Crippen LogP contribution is 2.41. The van der Waals surface area contributed by atoms with Gasteiger partial charge in [0.1, 0.15) is 17.4 Å². The van der Waals surface area contributed by atoms with Gasteiger partial charge < -0.3 is 14.2 Å². The minimum atomic E-state index is 0.537. The highest BCUT2D eigenvalue weighted by Gasteiger charge is 2.30. The summed E-state index contributed by atoms with van der Waals surface area (Å²) in [6.45, 7) is 2.56. The largest absolute Gasteiger partial charge is 0.493 e. The minimum absolute atomic E-state index is 0.537. The maximum atomic E-state index is 5.52. The van der Waals surface area contributed by atoms with E-state index in [9.17, 15) is 0 Å². The Balaban J connectivity index is 1.28. The van der Waals surface area contributed by atoms with Crippen molar-refractivity contribution in [3.63, 3.8) is 0 Å². The first-order chi connectivity index (χ1) is 18.1. The first-order valence-electron chi connectivity index (χ1n) is 12.6. The average Bonchev–Trinajstić information content (AvgIpc) is 3.60. The first-order valence-corrected chi connectivity index (χ1v) is 13.4. The van der Waals surface area contributed by atoms with Crippen LogP contribution in [0.2, 0.25) is 0 Å². The van der Waals surface area contributed by atoms with Gasteiger partial charge in [-0.25, -0.2) is 0 Å². The third-order valence-corrected chi connectivity index (χ3v) is 8.54. The SMILES string of the molecule is COc1cc(CCc2ccc(C3=NCc4nnc(C)n4-c4sc5c(c43)CCC5)cc2)cc(OC)c1OC. The van der Waals surface area contributed by atoms with Gasteiger partial charge in [-0.05, 0) is 67.9 Å². The summed E-state index contributed by atoms with van der Waals surface area (Å²) in [6, 6.07) is 12.9. The normalized spacial score (nSPS) is 13.9. The van der Waals surface area contributed by atoms with Gasteiger partial charge in [-0.3, -0.25) is 9.56 Å². The second-order valence-corrected chi connectivity index (χ2v) is 10.5. The molecule has 0 amide bonds. The molecule has 0 fully saturated rings. The van der Waals surface area contributed by atoms with Crippen molar-refractivity contribution < 1.29 is 14.2 Å². The van der Waals surface area contributed by atoms with E-state index < -0.39 is 0 Å². The van der Waals surface area contributed by atoms with Crippen molar-refractivity contribution in [1.29, 1.82) is 0 Å². The molecule has 190 valence electrons. The average molecular weight is 515 g/mol. The molecule has 7 nitrogen and oxygen atoms in total. The molecule has 8 heteroatoms. The van der Waals surface area contributed by atoms with Crippen molar-refractivity contribution in [2.45, 2.75) is 45.6 Å². The van der Waals surface area contributed by atoms with E-state index in [0.29, 0.717) is 23.8 Å². The van der Waals surface area contributed by atoms with Crippen molar-refractivity contribution >= 4 is 17.0 Å². The number of thiophene rings is 1. The number of rotatable bonds is 7. The first kappa shape index (κ1) is 23.7. The van der Waals surface area contributed by atoms with Crippen LogP contribution >= 0.6 is 11.3 Å². The van der Waals surface area contributed by atoms with E-state index in [-0.39, 0.29) is 0 Å². The zero-order chi connectivity index (χ0) is 25.5. The maximum absolute atomic E-state index is 5.52. The van der Waals surface area contributed by atoms with E-state index in [0.717, 1.165) is 54.2 Å². The summed E-state index contributed by atoms with van der Waals surface area (Å²) in [5, 5.41) is 9.98. The molecule has 0 radical (unpaired) electrons. The number of methoxy groups -OCH3 is 3. The number of nitrogens with zero attached hydrogens (tertiary/aromatic N) is 4. The number of aliphatic imine (C=N–C) groups is 1. The number of aryl methyl sites for hydroxylation is 4. The van der Waals surface area contributed by atoms with Crippen LogP contribution in [0.15, 0.2) is 41.4 Å². The van der Waals surface area contributed by atoms with Crippen molar-refractivity contribution in [1.82, 2.24) is 14.8 Å². The molecule has 0 N–H and O–H groups in total. The van der Waals surface area contributed by atoms with Crippen LogP contribution in [0.1, 0.15) is 50.8 Å². The fourth-order valence-corrected chi connectivity index (χ4v) is 6.88. The van der Waals surface area contributed by atoms with E-state index >= 15 is 0 Å². The molecule has 0 spiro atoms. The molecule has 2 aromatic heterocycles. The van der Waals surface area contributed by atoms with Gasteiger partial charge in [0.05, 0.1) is 27.0 Å². The highest BCUT2D eigenvalue weighted by atomic mass is 32.1. The Morgan fingerprint density at radius 3 is 2.32 bits per heavy atom. The van der Waals surface area contributed by atoms with Crippen molar-refractivity contribution in [3.05, 3.63) is 80.7 Å². The smallest absolute Gasteiger partial charge is 0.203 e. The molecular formula is C29H30N4O3S. The lowest BCUT2D eigenvalue weighted by molar-refractivity contribution is 0.324. The summed E-state index contributed by atoms with van der Waals surface area (Å²) >= 11 is 1.89. The van der Waals surface area contributed by atoms with Crippen LogP contribution < -0.4 is 14.2 Å². The predicted octanol–water partition coefficient (Wildman–Crippen LogP) is 5.29. The lowest BCUT2D eigenvalue weighted by Crippen LogP contribution is -2.08. The van der Waals surface area contributed by atoms with Crippen LogP contribution in [0.3, 0.4) is 0 Å². The Morgan fingerprint density at radius 2 is 1.62 bits per heavy atom. The Kier molecular flexibility index (Phi) is 6.20. The molecule has 37 heavy (non-hydrogen) atoms. The molecule has 1 aliphatic heterocycles. The molecule has 6 rings (SSSR count). The molecule has 3 heterocycles. The quantitative estimate of drug-likeness (QED) is 0.335. The monoisotopic (exact) mass is 514 g/mol. The summed E-state index contributed by atoms with van der Waals surface area (Å²) < 4.78 is 18.7. The molecule has 2 aromatic carbocycles. The lowest BCUT2D eigenvalue weighted by Gasteiger charge is -2.14. The van der Waals surface area contributed by atoms with E-state index in [1.807, 2.05) is 30.4 Å². The fraction of sp³-hybridized carbons (Fsp3) is 0.345. The summed E-state index contributed by atoms with van der Waals surface area (Å²) in [7, 11) is 4.92. The molecule has 0 atom stereocenters. The van der Waals surface area contributed by atoms with Crippen LogP contribution in [0.25, 0.3) is 5.00 Å². The number of fused-ring (bicyclic) bond motifs is 5. The summed E-state index contributed by atoms with van der Waals surface area (Å²) in [5.74, 6) is 3.82. The van der Waals surface area contributed by atoms with E-state index in [1.165, 1.54) is 33.0 Å². The number of ether oxygens (including phenoxy) is 3. The van der Waals surface area contributed by atoms with Gasteiger partial charge in [0.15, 0.2) is 17.3 Å². The molecule has 4 aromatic rings. The zero-order valence-electron chi connectivity index (χ0n) is 21.6. The Hall–Kier alpha value is -3.65. The molecule has 0 saturated heterocycles. The van der Waals surface area contributed by atoms with Gasteiger partial charge in [-0.1, -0.05) is 24.3 Å². The molecule has 0 saturated carbocycles. The van der Waals surface area contributed by atoms with Crippen LogP contribution in [-0.4, -0.2) is 41.8 Å². The van der Waals surface area contributed by atoms with Crippen LogP contribution in [0.5, 0.6) is 17.2 Å². The van der Waals surface area contributed by atoms with Crippen LogP contribution in [0, 0.1) is 6.92 Å². The van der Waals surface area contributed by atoms with Gasteiger partial charge in [0.25, 0.3) is 0 Å². The third-order valence-electron chi connectivity index (χ3n) is 7.27. The molecule has 2 aliphatic rings. The Bertz CT molecular complexity index is 1480. The van der Waals surface area contributed by atoms with Crippen LogP contribution in [0.4, 0.5) is 0 Å². The Labute approximate surface area is 220 Å². The van der Waals surface area contributed by atoms with Gasteiger partial charge in [-0.15, -0.1) is 21.5 Å². The molecule has 1 aliphatic carbocycles. The maximum Gasteiger partial charge on any atom is 0.203 e. The molecular weight excluding hydrogens is 484 g/mol. The van der Waals surface area contributed by atoms with Gasteiger partial charge in [-0.2, -0.15) is 0 Å². The predicted molar refractivity (Wildman–Crippen MR) is 145 cm³/mol. The van der Waals surface area contributed by atoms with Crippen LogP contribution in [-0.2, 0) is 32.2 Å². The van der Waals surface area contributed by atoms with Crippen molar-refractivity contribution in [2.24, 2.45) is 4.99 Å². The van der Waals surface area contributed by atoms with E-state index in [2.05, 4.69) is 39.0 Å². The summed E-state index contributed by atoms with van der Waals surface area (Å²) in [5.41, 5.74) is 7.40. The fourth-order valence-electron chi connectivity index (χ4n) is 5.43. The lowest BCUT2D eigenvalue weighted by atomic mass is 9.97. The third kappa shape index (κ3) is 4.09. The van der Waals surface area contributed by atoms with Gasteiger partial charge in [0, 0.05) is 16.0 Å². The van der Waals surface area contributed by atoms with Crippen molar-refractivity contribution in [3.8, 4) is 22.2 Å². The van der Waals surface area contributed by atoms with E-state index in [1.54, 1.807) is 21.3 Å². The Morgan fingerprint density at radius 1 is 0.892 bits per heavy atom. The number of benzene rings is 2. The van der Waals surface area contributed by atoms with Gasteiger partial charge >= 0.3 is 0 Å². The van der Waals surface area contributed by atoms with E-state index in [4.69, 9.17) is 19.2 Å². The topological polar surface area (TPSA) is 70.8 Å². The number of aromatic nitrogens is 3. The summed E-state index contributed by atoms with van der Waals surface area (Å²) in [6.07, 6.45) is 5.26. The standard InChI is InChI=1S/C29H30N4O3S/c1-17-31-32-25-16-30-27(26-21-6-5-7-24(21)37-29(26)33(17)25)20-12-10-18(11-13-20)8-9-19-14-22(34-2)28(36-4)23(15-19)35-3/h10-15H,5-9,16H2,1-4H3. The second-order valence-electron chi connectivity index (χ2n) is 9.43. The molecule has 0 unspecified atom stereocenters. The number of hydrogen-bond donors (Lipinski definition) is 0. The highest BCUT2D eigenvalue weighted by molar-refractivity contribution is 7.15. The molecule has 0 bridgehead atoms. The second kappa shape index (κ2) is 9.67.